The molecule has 2 aromatic rings. The molecule has 112 valence electrons. The van der Waals surface area contributed by atoms with Crippen LogP contribution in [0.25, 0.3) is 0 Å². The number of methoxy groups -OCH3 is 1. The number of hydrogen-bond donors (Lipinski definition) is 3. The molecule has 21 heavy (non-hydrogen) atoms. The Morgan fingerprint density at radius 1 is 1.24 bits per heavy atom. The van der Waals surface area contributed by atoms with Crippen LogP contribution < -0.4 is 16.6 Å². The lowest BCUT2D eigenvalue weighted by Crippen LogP contribution is -2.12. The van der Waals surface area contributed by atoms with Gasteiger partial charge in [-0.15, -0.1) is 0 Å². The van der Waals surface area contributed by atoms with Crippen molar-refractivity contribution >= 4 is 28.9 Å². The number of nitrogens with one attached hydrogen (secondary N) is 2. The number of halogens is 3. The Morgan fingerprint density at radius 2 is 1.95 bits per heavy atom. The smallest absolute Gasteiger partial charge is 0.158 e. The summed E-state index contributed by atoms with van der Waals surface area (Å²) in [5.74, 6) is 4.56. The number of rotatable bonds is 5. The highest BCUT2D eigenvalue weighted by Gasteiger charge is 2.12. The van der Waals surface area contributed by atoms with Gasteiger partial charge in [0.25, 0.3) is 0 Å². The minimum absolute atomic E-state index is 0.0943. The van der Waals surface area contributed by atoms with E-state index in [2.05, 4.69) is 20.7 Å². The van der Waals surface area contributed by atoms with E-state index < -0.39 is 11.6 Å². The average molecular weight is 316 g/mol. The molecule has 0 aliphatic heterocycles. The number of nitrogens with two attached hydrogens (primary N) is 1. The van der Waals surface area contributed by atoms with Crippen molar-refractivity contribution in [3.8, 4) is 0 Å². The molecule has 0 aliphatic carbocycles. The van der Waals surface area contributed by atoms with Crippen LogP contribution in [-0.2, 0) is 11.3 Å². The molecular weight excluding hydrogens is 304 g/mol. The van der Waals surface area contributed by atoms with Crippen molar-refractivity contribution in [3.05, 3.63) is 40.7 Å². The van der Waals surface area contributed by atoms with Gasteiger partial charge in [0, 0.05) is 19.2 Å². The van der Waals surface area contributed by atoms with Gasteiger partial charge in [0.05, 0.1) is 10.7 Å². The van der Waals surface area contributed by atoms with E-state index in [0.29, 0.717) is 17.7 Å². The topological polar surface area (TPSA) is 85.1 Å². The number of hydrogen-bond acceptors (Lipinski definition) is 6. The van der Waals surface area contributed by atoms with Crippen molar-refractivity contribution in [2.24, 2.45) is 5.84 Å². The first-order chi connectivity index (χ1) is 10.0. The number of benzene rings is 1. The van der Waals surface area contributed by atoms with Crippen molar-refractivity contribution in [3.63, 3.8) is 0 Å². The lowest BCUT2D eigenvalue weighted by molar-refractivity contribution is 0.178. The van der Waals surface area contributed by atoms with Crippen molar-refractivity contribution in [1.82, 2.24) is 9.97 Å². The second-order valence-electron chi connectivity index (χ2n) is 4.00. The summed E-state index contributed by atoms with van der Waals surface area (Å²) in [5, 5.41) is 2.56. The average Bonchev–Trinajstić information content (AvgIpc) is 2.43. The van der Waals surface area contributed by atoms with Crippen LogP contribution in [0.3, 0.4) is 0 Å². The molecule has 1 aromatic heterocycles. The molecule has 0 spiro atoms. The van der Waals surface area contributed by atoms with Gasteiger partial charge in [-0.05, 0) is 6.07 Å². The predicted molar refractivity (Wildman–Crippen MR) is 75.2 cm³/mol. The molecule has 0 bridgehead atoms. The second-order valence-corrected chi connectivity index (χ2v) is 4.41. The Kier molecular flexibility index (Phi) is 4.84. The summed E-state index contributed by atoms with van der Waals surface area (Å²) >= 11 is 5.81. The molecule has 4 N–H and O–H groups in total. The molecule has 0 atom stereocenters. The minimum atomic E-state index is -0.839. The monoisotopic (exact) mass is 315 g/mol. The molecule has 0 amide bonds. The summed E-state index contributed by atoms with van der Waals surface area (Å²) in [6, 6.07) is 3.15. The highest BCUT2D eigenvalue weighted by molar-refractivity contribution is 6.33. The number of nitrogens with zero attached hydrogens (tertiary/aromatic N) is 2. The molecule has 0 saturated heterocycles. The van der Waals surface area contributed by atoms with Gasteiger partial charge >= 0.3 is 0 Å². The van der Waals surface area contributed by atoms with Gasteiger partial charge in [0.2, 0.25) is 0 Å². The van der Waals surface area contributed by atoms with Gasteiger partial charge in [-0.1, -0.05) is 11.6 Å². The number of ether oxygens (including phenoxy) is 1. The summed E-state index contributed by atoms with van der Waals surface area (Å²) in [7, 11) is 1.48. The van der Waals surface area contributed by atoms with E-state index in [1.807, 2.05) is 0 Å². The van der Waals surface area contributed by atoms with Crippen LogP contribution in [0.5, 0.6) is 0 Å². The fourth-order valence-electron chi connectivity index (χ4n) is 1.62. The van der Waals surface area contributed by atoms with Crippen LogP contribution in [0.15, 0.2) is 18.2 Å². The highest BCUT2D eigenvalue weighted by atomic mass is 35.5. The van der Waals surface area contributed by atoms with Crippen LogP contribution in [0.1, 0.15) is 5.82 Å². The highest BCUT2D eigenvalue weighted by Crippen LogP contribution is 2.29. The van der Waals surface area contributed by atoms with E-state index >= 15 is 0 Å². The standard InChI is InChI=1S/C12H12ClF2N5O/c1-21-5-11-17-9(4-10(18-11)20-16)19-12-7(13)2-6(14)3-8(12)15/h2-4H,5,16H2,1H3,(H2,17,18,19,20). The van der Waals surface area contributed by atoms with Crippen LogP contribution in [0, 0.1) is 11.6 Å². The Hall–Kier alpha value is -2.03. The van der Waals surface area contributed by atoms with Gasteiger partial charge in [-0.25, -0.2) is 24.6 Å². The SMILES string of the molecule is COCc1nc(NN)cc(Nc2c(F)cc(F)cc2Cl)n1. The lowest BCUT2D eigenvalue weighted by Gasteiger charge is -2.11. The number of hydrazine groups is 1. The lowest BCUT2D eigenvalue weighted by atomic mass is 10.3. The first kappa shape index (κ1) is 15.4. The molecule has 0 fully saturated rings. The molecule has 0 radical (unpaired) electrons. The van der Waals surface area contributed by atoms with E-state index in [0.717, 1.165) is 6.07 Å². The van der Waals surface area contributed by atoms with Gasteiger partial charge in [-0.2, -0.15) is 0 Å². The fourth-order valence-corrected chi connectivity index (χ4v) is 1.86. The molecule has 9 heteroatoms. The van der Waals surface area contributed by atoms with Crippen molar-refractivity contribution in [2.75, 3.05) is 17.9 Å². The van der Waals surface area contributed by atoms with Crippen LogP contribution >= 0.6 is 11.6 Å². The summed E-state index contributed by atoms with van der Waals surface area (Å²) in [6.45, 7) is 0.143. The fraction of sp³-hybridized carbons (Fsp3) is 0.167. The van der Waals surface area contributed by atoms with Gasteiger partial charge in [0.1, 0.15) is 24.1 Å². The van der Waals surface area contributed by atoms with E-state index in [-0.39, 0.29) is 23.1 Å². The van der Waals surface area contributed by atoms with E-state index in [1.54, 1.807) is 0 Å². The Balaban J connectivity index is 2.37. The van der Waals surface area contributed by atoms with Crippen LogP contribution in [0.2, 0.25) is 5.02 Å². The zero-order valence-corrected chi connectivity index (χ0v) is 11.7. The third-order valence-electron chi connectivity index (χ3n) is 2.45. The molecular formula is C12H12ClF2N5O. The molecule has 6 nitrogen and oxygen atoms in total. The molecule has 0 unspecified atom stereocenters. The first-order valence-corrected chi connectivity index (χ1v) is 6.16. The van der Waals surface area contributed by atoms with Crippen molar-refractivity contribution in [2.45, 2.75) is 6.61 Å². The second kappa shape index (κ2) is 6.61. The Bertz CT molecular complexity index is 633. The van der Waals surface area contributed by atoms with Gasteiger partial charge in [-0.3, -0.25) is 0 Å². The molecule has 1 aromatic carbocycles. The number of aromatic nitrogens is 2. The summed E-state index contributed by atoms with van der Waals surface area (Å²) in [4.78, 5) is 8.15. The maximum absolute atomic E-state index is 13.7. The maximum atomic E-state index is 13.7. The van der Waals surface area contributed by atoms with Gasteiger partial charge < -0.3 is 15.5 Å². The number of nitrogen functional groups attached to an aromatic ring is 1. The summed E-state index contributed by atoms with van der Waals surface area (Å²) in [6.07, 6.45) is 0. The normalized spacial score (nSPS) is 10.5. The predicted octanol–water partition coefficient (Wildman–Crippen LogP) is 2.58. The Labute approximate surface area is 124 Å². The van der Waals surface area contributed by atoms with Crippen molar-refractivity contribution in [1.29, 1.82) is 0 Å². The first-order valence-electron chi connectivity index (χ1n) is 5.78. The van der Waals surface area contributed by atoms with Crippen LogP contribution in [0.4, 0.5) is 26.1 Å². The largest absolute Gasteiger partial charge is 0.377 e. The zero-order valence-electron chi connectivity index (χ0n) is 11.0. The molecule has 0 aliphatic rings. The quantitative estimate of drug-likeness (QED) is 0.581. The van der Waals surface area contributed by atoms with Gasteiger partial charge in [0.15, 0.2) is 11.6 Å². The van der Waals surface area contributed by atoms with E-state index in [1.165, 1.54) is 13.2 Å². The number of anilines is 3. The summed E-state index contributed by atoms with van der Waals surface area (Å²) in [5.41, 5.74) is 2.26. The maximum Gasteiger partial charge on any atom is 0.158 e. The molecule has 0 saturated carbocycles. The third-order valence-corrected chi connectivity index (χ3v) is 2.75. The van der Waals surface area contributed by atoms with Crippen molar-refractivity contribution < 1.29 is 13.5 Å². The minimum Gasteiger partial charge on any atom is -0.377 e. The van der Waals surface area contributed by atoms with Crippen LogP contribution in [-0.4, -0.2) is 17.1 Å². The van der Waals surface area contributed by atoms with E-state index in [4.69, 9.17) is 22.2 Å². The molecule has 1 heterocycles. The molecule has 2 rings (SSSR count). The zero-order chi connectivity index (χ0) is 15.4. The Morgan fingerprint density at radius 3 is 2.57 bits per heavy atom. The van der Waals surface area contributed by atoms with E-state index in [9.17, 15) is 8.78 Å². The third kappa shape index (κ3) is 3.75. The summed E-state index contributed by atoms with van der Waals surface area (Å²) < 4.78 is 31.7.